The summed E-state index contributed by atoms with van der Waals surface area (Å²) in [5, 5.41) is 0. The SMILES string of the molecule is Cc1ccc(OCC2(CS)CCCC2)c(C(C)(C)C)c1. The molecule has 1 aromatic carbocycles. The number of hydrogen-bond donors (Lipinski definition) is 1. The third-order valence-electron chi connectivity index (χ3n) is 4.48. The van der Waals surface area contributed by atoms with Gasteiger partial charge in [0.2, 0.25) is 0 Å². The first-order valence-corrected chi connectivity index (χ1v) is 8.34. The van der Waals surface area contributed by atoms with E-state index in [1.807, 2.05) is 0 Å². The second kappa shape index (κ2) is 6.01. The molecule has 0 spiro atoms. The van der Waals surface area contributed by atoms with Crippen molar-refractivity contribution in [2.24, 2.45) is 5.41 Å². The molecule has 1 nitrogen and oxygen atoms in total. The third-order valence-corrected chi connectivity index (χ3v) is 5.15. The summed E-state index contributed by atoms with van der Waals surface area (Å²) in [6, 6.07) is 6.54. The van der Waals surface area contributed by atoms with Gasteiger partial charge in [0.15, 0.2) is 0 Å². The van der Waals surface area contributed by atoms with Gasteiger partial charge in [-0.15, -0.1) is 0 Å². The van der Waals surface area contributed by atoms with E-state index in [2.05, 4.69) is 58.5 Å². The maximum Gasteiger partial charge on any atom is 0.123 e. The predicted molar refractivity (Wildman–Crippen MR) is 90.1 cm³/mol. The van der Waals surface area contributed by atoms with Crippen LogP contribution in [0.3, 0.4) is 0 Å². The van der Waals surface area contributed by atoms with E-state index in [-0.39, 0.29) is 5.41 Å². The third kappa shape index (κ3) is 3.52. The Morgan fingerprint density at radius 3 is 2.40 bits per heavy atom. The van der Waals surface area contributed by atoms with Crippen LogP contribution in [0.15, 0.2) is 18.2 Å². The van der Waals surface area contributed by atoms with Crippen molar-refractivity contribution in [3.05, 3.63) is 29.3 Å². The highest BCUT2D eigenvalue weighted by Gasteiger charge is 2.33. The number of benzene rings is 1. The Labute approximate surface area is 129 Å². The molecule has 0 N–H and O–H groups in total. The first-order valence-electron chi connectivity index (χ1n) is 7.71. The zero-order valence-corrected chi connectivity index (χ0v) is 14.2. The summed E-state index contributed by atoms with van der Waals surface area (Å²) in [6.45, 7) is 9.70. The minimum absolute atomic E-state index is 0.116. The second-order valence-corrected chi connectivity index (χ2v) is 7.72. The van der Waals surface area contributed by atoms with Crippen molar-refractivity contribution in [1.82, 2.24) is 0 Å². The van der Waals surface area contributed by atoms with Crippen LogP contribution in [0, 0.1) is 12.3 Å². The van der Waals surface area contributed by atoms with Crippen molar-refractivity contribution in [2.45, 2.75) is 58.8 Å². The molecule has 0 heterocycles. The van der Waals surface area contributed by atoms with Crippen LogP contribution in [0.25, 0.3) is 0 Å². The fourth-order valence-electron chi connectivity index (χ4n) is 3.06. The van der Waals surface area contributed by atoms with Gasteiger partial charge in [0.1, 0.15) is 5.75 Å². The molecule has 2 rings (SSSR count). The number of thiol groups is 1. The fraction of sp³-hybridized carbons (Fsp3) is 0.667. The van der Waals surface area contributed by atoms with E-state index < -0.39 is 0 Å². The summed E-state index contributed by atoms with van der Waals surface area (Å²) in [5.74, 6) is 1.99. The van der Waals surface area contributed by atoms with Crippen molar-refractivity contribution in [3.8, 4) is 5.75 Å². The van der Waals surface area contributed by atoms with E-state index >= 15 is 0 Å². The monoisotopic (exact) mass is 292 g/mol. The van der Waals surface area contributed by atoms with E-state index in [1.165, 1.54) is 36.8 Å². The van der Waals surface area contributed by atoms with Crippen LogP contribution in [0.4, 0.5) is 0 Å². The Bertz CT molecular complexity index is 453. The lowest BCUT2D eigenvalue weighted by molar-refractivity contribution is 0.170. The summed E-state index contributed by atoms with van der Waals surface area (Å²) in [6.07, 6.45) is 5.16. The molecule has 1 aliphatic rings. The summed E-state index contributed by atoms with van der Waals surface area (Å²) < 4.78 is 6.25. The van der Waals surface area contributed by atoms with Crippen LogP contribution in [0.2, 0.25) is 0 Å². The maximum atomic E-state index is 6.25. The molecule has 20 heavy (non-hydrogen) atoms. The number of aryl methyl sites for hydroxylation is 1. The molecule has 0 atom stereocenters. The molecular formula is C18H28OS. The first kappa shape index (κ1) is 15.8. The Morgan fingerprint density at radius 2 is 1.85 bits per heavy atom. The summed E-state index contributed by atoms with van der Waals surface area (Å²) in [5.41, 5.74) is 3.02. The van der Waals surface area contributed by atoms with Gasteiger partial charge in [-0.25, -0.2) is 0 Å². The van der Waals surface area contributed by atoms with E-state index in [0.717, 1.165) is 18.1 Å². The molecule has 0 saturated heterocycles. The van der Waals surface area contributed by atoms with Crippen LogP contribution >= 0.6 is 12.6 Å². The molecule has 1 saturated carbocycles. The topological polar surface area (TPSA) is 9.23 Å². The van der Waals surface area contributed by atoms with Crippen molar-refractivity contribution < 1.29 is 4.74 Å². The fourth-order valence-corrected chi connectivity index (χ4v) is 3.47. The minimum atomic E-state index is 0.116. The Hall–Kier alpha value is -0.630. The van der Waals surface area contributed by atoms with Crippen molar-refractivity contribution in [2.75, 3.05) is 12.4 Å². The van der Waals surface area contributed by atoms with Crippen LogP contribution in [0.1, 0.15) is 57.6 Å². The van der Waals surface area contributed by atoms with Crippen molar-refractivity contribution in [3.63, 3.8) is 0 Å². The zero-order chi connectivity index (χ0) is 14.8. The molecule has 0 bridgehead atoms. The molecule has 0 aliphatic heterocycles. The van der Waals surface area contributed by atoms with Crippen LogP contribution in [0.5, 0.6) is 5.75 Å². The normalized spacial score (nSPS) is 18.2. The molecule has 2 heteroatoms. The maximum absolute atomic E-state index is 6.25. The Morgan fingerprint density at radius 1 is 1.20 bits per heavy atom. The number of ether oxygens (including phenoxy) is 1. The van der Waals surface area contributed by atoms with E-state index in [1.54, 1.807) is 0 Å². The lowest BCUT2D eigenvalue weighted by Crippen LogP contribution is -2.28. The van der Waals surface area contributed by atoms with Gasteiger partial charge in [-0.3, -0.25) is 0 Å². The largest absolute Gasteiger partial charge is 0.493 e. The highest BCUT2D eigenvalue weighted by Crippen LogP contribution is 2.40. The van der Waals surface area contributed by atoms with Crippen molar-refractivity contribution in [1.29, 1.82) is 0 Å². The summed E-state index contributed by atoms with van der Waals surface area (Å²) >= 11 is 4.57. The predicted octanol–water partition coefficient (Wildman–Crippen LogP) is 5.16. The van der Waals surface area contributed by atoms with E-state index in [9.17, 15) is 0 Å². The summed E-state index contributed by atoms with van der Waals surface area (Å²) in [4.78, 5) is 0. The highest BCUT2D eigenvalue weighted by molar-refractivity contribution is 7.80. The lowest BCUT2D eigenvalue weighted by Gasteiger charge is -2.29. The molecule has 1 fully saturated rings. The van der Waals surface area contributed by atoms with Gasteiger partial charge in [-0.2, -0.15) is 12.6 Å². The van der Waals surface area contributed by atoms with Crippen LogP contribution in [-0.2, 0) is 5.41 Å². The molecule has 0 unspecified atom stereocenters. The van der Waals surface area contributed by atoms with Crippen LogP contribution < -0.4 is 4.74 Å². The number of hydrogen-bond acceptors (Lipinski definition) is 2. The van der Waals surface area contributed by atoms with Gasteiger partial charge in [-0.05, 0) is 42.6 Å². The molecule has 0 aromatic heterocycles. The average molecular weight is 292 g/mol. The Balaban J connectivity index is 2.17. The van der Waals surface area contributed by atoms with Crippen LogP contribution in [-0.4, -0.2) is 12.4 Å². The van der Waals surface area contributed by atoms with E-state index in [0.29, 0.717) is 5.41 Å². The number of rotatable bonds is 4. The second-order valence-electron chi connectivity index (χ2n) is 7.40. The molecule has 0 radical (unpaired) electrons. The minimum Gasteiger partial charge on any atom is -0.493 e. The lowest BCUT2D eigenvalue weighted by atomic mass is 9.85. The smallest absolute Gasteiger partial charge is 0.123 e. The summed E-state index contributed by atoms with van der Waals surface area (Å²) in [7, 11) is 0. The molecule has 1 aliphatic carbocycles. The standard InChI is InChI=1S/C18H28OS/c1-14-7-8-16(15(11-14)17(2,3)4)19-12-18(13-20)9-5-6-10-18/h7-8,11,20H,5-6,9-10,12-13H2,1-4H3. The molecule has 1 aromatic rings. The van der Waals surface area contributed by atoms with Gasteiger partial charge in [0.25, 0.3) is 0 Å². The van der Waals surface area contributed by atoms with Crippen molar-refractivity contribution >= 4 is 12.6 Å². The average Bonchev–Trinajstić information content (AvgIpc) is 2.86. The van der Waals surface area contributed by atoms with Gasteiger partial charge >= 0.3 is 0 Å². The zero-order valence-electron chi connectivity index (χ0n) is 13.3. The molecular weight excluding hydrogens is 264 g/mol. The van der Waals surface area contributed by atoms with Gasteiger partial charge in [0, 0.05) is 5.41 Å². The molecule has 0 amide bonds. The quantitative estimate of drug-likeness (QED) is 0.754. The Kier molecular flexibility index (Phi) is 4.73. The first-order chi connectivity index (χ1) is 9.36. The molecule has 112 valence electrons. The van der Waals surface area contributed by atoms with Gasteiger partial charge < -0.3 is 4.74 Å². The van der Waals surface area contributed by atoms with Gasteiger partial charge in [0.05, 0.1) is 6.61 Å². The van der Waals surface area contributed by atoms with Gasteiger partial charge in [-0.1, -0.05) is 51.3 Å². The van der Waals surface area contributed by atoms with E-state index in [4.69, 9.17) is 4.74 Å². The highest BCUT2D eigenvalue weighted by atomic mass is 32.1.